The second kappa shape index (κ2) is 7.24. The molecule has 0 bridgehead atoms. The molecule has 0 radical (unpaired) electrons. The first-order chi connectivity index (χ1) is 12.3. The zero-order valence-electron chi connectivity index (χ0n) is 15.8. The van der Waals surface area contributed by atoms with Crippen molar-refractivity contribution in [3.8, 4) is 5.75 Å². The summed E-state index contributed by atoms with van der Waals surface area (Å²) in [5, 5.41) is 0.999. The summed E-state index contributed by atoms with van der Waals surface area (Å²) < 4.78 is 11.4. The molecule has 0 aliphatic carbocycles. The second-order valence-corrected chi connectivity index (χ2v) is 7.47. The van der Waals surface area contributed by atoms with Gasteiger partial charge in [-0.15, -0.1) is 0 Å². The molecule has 4 nitrogen and oxygen atoms in total. The van der Waals surface area contributed by atoms with Gasteiger partial charge in [-0.1, -0.05) is 30.3 Å². The molecule has 0 atom stereocenters. The number of aromatic amines is 1. The SMILES string of the molecule is Cc1[nH]c2ccc(OCc3ccccc3)cc2c1CC(=O)OC(C)(C)C. The molecule has 26 heavy (non-hydrogen) atoms. The molecule has 4 heteroatoms. The Hall–Kier alpha value is -2.75. The molecule has 3 rings (SSSR count). The van der Waals surface area contributed by atoms with Crippen molar-refractivity contribution in [2.45, 2.75) is 46.3 Å². The molecule has 1 N–H and O–H groups in total. The summed E-state index contributed by atoms with van der Waals surface area (Å²) in [6.45, 7) is 8.12. The van der Waals surface area contributed by atoms with Crippen LogP contribution in [0.1, 0.15) is 37.6 Å². The van der Waals surface area contributed by atoms with E-state index in [0.717, 1.165) is 33.5 Å². The van der Waals surface area contributed by atoms with Gasteiger partial charge in [0.05, 0.1) is 6.42 Å². The number of carbonyl (C=O) groups excluding carboxylic acids is 1. The van der Waals surface area contributed by atoms with Crippen LogP contribution in [-0.2, 0) is 22.6 Å². The fourth-order valence-electron chi connectivity index (χ4n) is 2.94. The third kappa shape index (κ3) is 4.45. The molecule has 0 aliphatic rings. The van der Waals surface area contributed by atoms with Gasteiger partial charge >= 0.3 is 5.97 Å². The number of fused-ring (bicyclic) bond motifs is 1. The maximum absolute atomic E-state index is 12.3. The van der Waals surface area contributed by atoms with Gasteiger partial charge in [-0.25, -0.2) is 0 Å². The molecule has 3 aromatic rings. The van der Waals surface area contributed by atoms with E-state index in [1.54, 1.807) is 0 Å². The molecule has 0 spiro atoms. The number of ether oxygens (including phenoxy) is 2. The quantitative estimate of drug-likeness (QED) is 0.663. The van der Waals surface area contributed by atoms with Crippen LogP contribution in [0.3, 0.4) is 0 Å². The predicted octanol–water partition coefficient (Wildman–Crippen LogP) is 4.94. The fourth-order valence-corrected chi connectivity index (χ4v) is 2.94. The van der Waals surface area contributed by atoms with Crippen molar-refractivity contribution in [3.05, 3.63) is 65.4 Å². The van der Waals surface area contributed by atoms with Crippen LogP contribution in [0.4, 0.5) is 0 Å². The number of aromatic nitrogens is 1. The average molecular weight is 351 g/mol. The monoisotopic (exact) mass is 351 g/mol. The minimum Gasteiger partial charge on any atom is -0.489 e. The van der Waals surface area contributed by atoms with Crippen molar-refractivity contribution in [2.75, 3.05) is 0 Å². The predicted molar refractivity (Wildman–Crippen MR) is 103 cm³/mol. The van der Waals surface area contributed by atoms with E-state index < -0.39 is 5.60 Å². The van der Waals surface area contributed by atoms with Gasteiger partial charge < -0.3 is 14.5 Å². The maximum atomic E-state index is 12.3. The Balaban J connectivity index is 1.80. The van der Waals surface area contributed by atoms with E-state index in [0.29, 0.717) is 6.61 Å². The van der Waals surface area contributed by atoms with E-state index >= 15 is 0 Å². The van der Waals surface area contributed by atoms with Crippen molar-refractivity contribution in [3.63, 3.8) is 0 Å². The van der Waals surface area contributed by atoms with Crippen molar-refractivity contribution in [1.29, 1.82) is 0 Å². The van der Waals surface area contributed by atoms with E-state index in [1.165, 1.54) is 0 Å². The first-order valence-corrected chi connectivity index (χ1v) is 8.81. The molecular weight excluding hydrogens is 326 g/mol. The third-order valence-electron chi connectivity index (χ3n) is 4.08. The summed E-state index contributed by atoms with van der Waals surface area (Å²) in [4.78, 5) is 15.6. The average Bonchev–Trinajstić information content (AvgIpc) is 2.87. The van der Waals surface area contributed by atoms with Crippen molar-refractivity contribution >= 4 is 16.9 Å². The highest BCUT2D eigenvalue weighted by atomic mass is 16.6. The Bertz CT molecular complexity index is 904. The first kappa shape index (κ1) is 18.1. The van der Waals surface area contributed by atoms with Crippen LogP contribution >= 0.6 is 0 Å². The topological polar surface area (TPSA) is 51.3 Å². The molecule has 1 heterocycles. The summed E-state index contributed by atoms with van der Waals surface area (Å²) in [6, 6.07) is 16.0. The first-order valence-electron chi connectivity index (χ1n) is 8.81. The van der Waals surface area contributed by atoms with Gasteiger partial charge in [0.2, 0.25) is 0 Å². The van der Waals surface area contributed by atoms with Gasteiger partial charge in [0, 0.05) is 16.6 Å². The minimum atomic E-state index is -0.485. The fraction of sp³-hybridized carbons (Fsp3) is 0.318. The summed E-state index contributed by atoms with van der Waals surface area (Å²) in [5.74, 6) is 0.558. The van der Waals surface area contributed by atoms with E-state index in [2.05, 4.69) is 4.98 Å². The van der Waals surface area contributed by atoms with Crippen LogP contribution in [-0.4, -0.2) is 16.6 Å². The number of aryl methyl sites for hydroxylation is 1. The second-order valence-electron chi connectivity index (χ2n) is 7.47. The molecule has 0 saturated heterocycles. The summed E-state index contributed by atoms with van der Waals surface area (Å²) in [6.07, 6.45) is 0.241. The van der Waals surface area contributed by atoms with Gasteiger partial charge in [0.1, 0.15) is 18.0 Å². The lowest BCUT2D eigenvalue weighted by atomic mass is 10.1. The molecule has 136 valence electrons. The van der Waals surface area contributed by atoms with Gasteiger partial charge in [-0.05, 0) is 57.0 Å². The third-order valence-corrected chi connectivity index (χ3v) is 4.08. The highest BCUT2D eigenvalue weighted by molar-refractivity contribution is 5.89. The normalized spacial score (nSPS) is 11.5. The Morgan fingerprint density at radius 2 is 1.81 bits per heavy atom. The van der Waals surface area contributed by atoms with Gasteiger partial charge in [-0.3, -0.25) is 4.79 Å². The van der Waals surface area contributed by atoms with E-state index in [1.807, 2.05) is 76.2 Å². The Morgan fingerprint density at radius 3 is 2.50 bits per heavy atom. The standard InChI is InChI=1S/C22H25NO3/c1-15-18(13-21(24)26-22(2,3)4)19-12-17(10-11-20(19)23-15)25-14-16-8-6-5-7-9-16/h5-12,23H,13-14H2,1-4H3. The molecule has 0 fully saturated rings. The van der Waals surface area contributed by atoms with Crippen LogP contribution < -0.4 is 4.74 Å². The number of nitrogens with one attached hydrogen (secondary N) is 1. The Morgan fingerprint density at radius 1 is 1.08 bits per heavy atom. The largest absolute Gasteiger partial charge is 0.489 e. The lowest BCUT2D eigenvalue weighted by Crippen LogP contribution is -2.25. The molecule has 0 aliphatic heterocycles. The van der Waals surface area contributed by atoms with E-state index in [9.17, 15) is 4.79 Å². The molecule has 0 unspecified atom stereocenters. The van der Waals surface area contributed by atoms with Crippen molar-refractivity contribution in [1.82, 2.24) is 4.98 Å². The number of hydrogen-bond donors (Lipinski definition) is 1. The molecule has 2 aromatic carbocycles. The number of esters is 1. The Labute approximate surface area is 154 Å². The zero-order valence-corrected chi connectivity index (χ0v) is 15.8. The van der Waals surface area contributed by atoms with Gasteiger partial charge in [-0.2, -0.15) is 0 Å². The number of rotatable bonds is 5. The number of benzene rings is 2. The van der Waals surface area contributed by atoms with E-state index in [-0.39, 0.29) is 12.4 Å². The molecule has 0 amide bonds. The van der Waals surface area contributed by atoms with Gasteiger partial charge in [0.15, 0.2) is 0 Å². The molecule has 0 saturated carbocycles. The van der Waals surface area contributed by atoms with Gasteiger partial charge in [0.25, 0.3) is 0 Å². The van der Waals surface area contributed by atoms with Crippen LogP contribution in [0, 0.1) is 6.92 Å². The number of H-pyrrole nitrogens is 1. The van der Waals surface area contributed by atoms with E-state index in [4.69, 9.17) is 9.47 Å². The number of hydrogen-bond acceptors (Lipinski definition) is 3. The van der Waals surface area contributed by atoms with Crippen LogP contribution in [0.5, 0.6) is 5.75 Å². The lowest BCUT2D eigenvalue weighted by molar-refractivity contribution is -0.153. The highest BCUT2D eigenvalue weighted by Crippen LogP contribution is 2.28. The van der Waals surface area contributed by atoms with Crippen molar-refractivity contribution < 1.29 is 14.3 Å². The summed E-state index contributed by atoms with van der Waals surface area (Å²) in [7, 11) is 0. The zero-order chi connectivity index (χ0) is 18.7. The van der Waals surface area contributed by atoms with Crippen LogP contribution in [0.25, 0.3) is 10.9 Å². The number of carbonyl (C=O) groups is 1. The molecular formula is C22H25NO3. The maximum Gasteiger partial charge on any atom is 0.310 e. The summed E-state index contributed by atoms with van der Waals surface area (Å²) >= 11 is 0. The smallest absolute Gasteiger partial charge is 0.310 e. The highest BCUT2D eigenvalue weighted by Gasteiger charge is 2.19. The van der Waals surface area contributed by atoms with Crippen LogP contribution in [0.2, 0.25) is 0 Å². The summed E-state index contributed by atoms with van der Waals surface area (Å²) in [5.41, 5.74) is 3.56. The molecule has 1 aromatic heterocycles. The lowest BCUT2D eigenvalue weighted by Gasteiger charge is -2.19. The Kier molecular flexibility index (Phi) is 5.03. The minimum absolute atomic E-state index is 0.225. The van der Waals surface area contributed by atoms with Crippen LogP contribution in [0.15, 0.2) is 48.5 Å². The van der Waals surface area contributed by atoms with Crippen molar-refractivity contribution in [2.24, 2.45) is 0 Å².